The summed E-state index contributed by atoms with van der Waals surface area (Å²) in [6.45, 7) is 3.12. The summed E-state index contributed by atoms with van der Waals surface area (Å²) in [7, 11) is 0. The maximum atomic E-state index is 12.7. The second-order valence-corrected chi connectivity index (χ2v) is 6.27. The number of benzene rings is 1. The lowest BCUT2D eigenvalue weighted by molar-refractivity contribution is -0.138. The molecule has 0 bridgehead atoms. The number of para-hydroxylation sites is 1. The third kappa shape index (κ3) is 3.38. The molecule has 23 heavy (non-hydrogen) atoms. The molecule has 5 heteroatoms. The van der Waals surface area contributed by atoms with Crippen LogP contribution in [0.4, 0.5) is 0 Å². The Morgan fingerprint density at radius 3 is 2.65 bits per heavy atom. The lowest BCUT2D eigenvalue weighted by atomic mass is 9.93. The smallest absolute Gasteiger partial charge is 0.303 e. The van der Waals surface area contributed by atoms with E-state index >= 15 is 0 Å². The van der Waals surface area contributed by atoms with Crippen molar-refractivity contribution in [2.24, 2.45) is 5.92 Å². The van der Waals surface area contributed by atoms with E-state index in [9.17, 15) is 9.59 Å². The lowest BCUT2D eigenvalue weighted by Crippen LogP contribution is -2.40. The van der Waals surface area contributed by atoms with Gasteiger partial charge in [0.25, 0.3) is 0 Å². The fraction of sp³-hybridized carbons (Fsp3) is 0.444. The Hall–Kier alpha value is -2.30. The van der Waals surface area contributed by atoms with Crippen LogP contribution in [-0.2, 0) is 9.59 Å². The van der Waals surface area contributed by atoms with Gasteiger partial charge in [0.15, 0.2) is 0 Å². The summed E-state index contributed by atoms with van der Waals surface area (Å²) < 4.78 is 5.79. The van der Waals surface area contributed by atoms with E-state index in [2.05, 4.69) is 0 Å². The molecule has 1 fully saturated rings. The van der Waals surface area contributed by atoms with Gasteiger partial charge >= 0.3 is 5.97 Å². The predicted molar refractivity (Wildman–Crippen MR) is 86.2 cm³/mol. The van der Waals surface area contributed by atoms with Crippen LogP contribution in [-0.4, -0.2) is 35.0 Å². The fourth-order valence-electron chi connectivity index (χ4n) is 3.22. The van der Waals surface area contributed by atoms with Crippen molar-refractivity contribution in [1.82, 2.24) is 4.90 Å². The van der Waals surface area contributed by atoms with Crippen molar-refractivity contribution in [2.75, 3.05) is 13.1 Å². The largest absolute Gasteiger partial charge is 0.481 e. The molecule has 1 aliphatic heterocycles. The molecule has 5 nitrogen and oxygen atoms in total. The van der Waals surface area contributed by atoms with Gasteiger partial charge in [0.05, 0.1) is 5.92 Å². The summed E-state index contributed by atoms with van der Waals surface area (Å²) in [6, 6.07) is 9.65. The number of rotatable bonds is 4. The van der Waals surface area contributed by atoms with E-state index in [1.807, 2.05) is 42.2 Å². The summed E-state index contributed by atoms with van der Waals surface area (Å²) in [4.78, 5) is 25.3. The van der Waals surface area contributed by atoms with Gasteiger partial charge in [-0.1, -0.05) is 18.2 Å². The normalized spacial score (nSPS) is 17.3. The number of amides is 1. The average Bonchev–Trinajstić information content (AvgIpc) is 2.97. The minimum absolute atomic E-state index is 0.0535. The Morgan fingerprint density at radius 1 is 1.30 bits per heavy atom. The van der Waals surface area contributed by atoms with Gasteiger partial charge in [0.2, 0.25) is 5.91 Å². The van der Waals surface area contributed by atoms with Crippen LogP contribution in [0.1, 0.15) is 37.9 Å². The maximum Gasteiger partial charge on any atom is 0.303 e. The monoisotopic (exact) mass is 315 g/mol. The molecule has 1 saturated heterocycles. The molecule has 0 spiro atoms. The molecule has 1 atom stereocenters. The average molecular weight is 315 g/mol. The summed E-state index contributed by atoms with van der Waals surface area (Å²) in [5.74, 6) is -0.163. The minimum Gasteiger partial charge on any atom is -0.481 e. The highest BCUT2D eigenvalue weighted by Crippen LogP contribution is 2.28. The number of carbonyl (C=O) groups is 2. The molecule has 0 saturated carbocycles. The zero-order valence-electron chi connectivity index (χ0n) is 13.2. The molecule has 1 N–H and O–H groups in total. The van der Waals surface area contributed by atoms with Crippen molar-refractivity contribution in [1.29, 1.82) is 0 Å². The highest BCUT2D eigenvalue weighted by atomic mass is 16.4. The number of hydrogen-bond acceptors (Lipinski definition) is 3. The number of carboxylic acid groups (broad SMARTS) is 1. The summed E-state index contributed by atoms with van der Waals surface area (Å²) in [5.41, 5.74) is 0.794. The van der Waals surface area contributed by atoms with E-state index in [-0.39, 0.29) is 24.2 Å². The Labute approximate surface area is 134 Å². The summed E-state index contributed by atoms with van der Waals surface area (Å²) in [5, 5.41) is 9.86. The second-order valence-electron chi connectivity index (χ2n) is 6.27. The van der Waals surface area contributed by atoms with Gasteiger partial charge in [-0.3, -0.25) is 9.59 Å². The molecule has 2 heterocycles. The number of aliphatic carboxylic acids is 1. The number of carboxylic acids is 1. The van der Waals surface area contributed by atoms with E-state index in [4.69, 9.17) is 9.52 Å². The zero-order valence-corrected chi connectivity index (χ0v) is 13.2. The first-order valence-corrected chi connectivity index (χ1v) is 8.03. The highest BCUT2D eigenvalue weighted by molar-refractivity contribution is 5.85. The maximum absolute atomic E-state index is 12.7. The van der Waals surface area contributed by atoms with Crippen molar-refractivity contribution >= 4 is 22.8 Å². The van der Waals surface area contributed by atoms with Crippen LogP contribution in [0.3, 0.4) is 0 Å². The van der Waals surface area contributed by atoms with E-state index in [0.717, 1.165) is 23.8 Å². The lowest BCUT2D eigenvalue weighted by Gasteiger charge is -2.32. The number of carbonyl (C=O) groups excluding carboxylic acids is 1. The molecule has 0 aliphatic carbocycles. The zero-order chi connectivity index (χ0) is 16.4. The van der Waals surface area contributed by atoms with Gasteiger partial charge in [-0.15, -0.1) is 0 Å². The predicted octanol–water partition coefficient (Wildman–Crippen LogP) is 3.25. The Morgan fingerprint density at radius 2 is 2.00 bits per heavy atom. The molecular weight excluding hydrogens is 294 g/mol. The first-order chi connectivity index (χ1) is 11.0. The number of likely N-dealkylation sites (tertiary alicyclic amines) is 1. The van der Waals surface area contributed by atoms with Crippen molar-refractivity contribution < 1.29 is 19.1 Å². The molecule has 1 aromatic carbocycles. The first kappa shape index (κ1) is 15.6. The Kier molecular flexibility index (Phi) is 4.37. The van der Waals surface area contributed by atoms with Crippen LogP contribution in [0.25, 0.3) is 11.0 Å². The molecule has 1 amide bonds. The SMILES string of the molecule is CC(C(=O)N1CCC(CC(=O)O)CC1)c1cc2ccccc2o1. The highest BCUT2D eigenvalue weighted by Gasteiger charge is 2.29. The van der Waals surface area contributed by atoms with Gasteiger partial charge in [-0.2, -0.15) is 0 Å². The first-order valence-electron chi connectivity index (χ1n) is 8.03. The van der Waals surface area contributed by atoms with Crippen LogP contribution < -0.4 is 0 Å². The molecule has 3 rings (SSSR count). The van der Waals surface area contributed by atoms with Crippen LogP contribution in [0.15, 0.2) is 34.7 Å². The number of nitrogens with zero attached hydrogens (tertiary/aromatic N) is 1. The molecule has 1 unspecified atom stereocenters. The third-order valence-corrected chi connectivity index (χ3v) is 4.63. The summed E-state index contributed by atoms with van der Waals surface area (Å²) in [6.07, 6.45) is 1.71. The van der Waals surface area contributed by atoms with Gasteiger partial charge in [0.1, 0.15) is 11.3 Å². The van der Waals surface area contributed by atoms with E-state index in [1.165, 1.54) is 0 Å². The Balaban J connectivity index is 1.65. The molecule has 2 aromatic rings. The van der Waals surface area contributed by atoms with E-state index < -0.39 is 5.97 Å². The molecule has 1 aromatic heterocycles. The standard InChI is InChI=1S/C18H21NO4/c1-12(16-11-14-4-2-3-5-15(14)23-16)18(22)19-8-6-13(7-9-19)10-17(20)21/h2-5,11-13H,6-10H2,1H3,(H,20,21). The molecule has 1 aliphatic rings. The van der Waals surface area contributed by atoms with Crippen LogP contribution in [0, 0.1) is 5.92 Å². The van der Waals surface area contributed by atoms with Crippen molar-refractivity contribution in [3.8, 4) is 0 Å². The second kappa shape index (κ2) is 6.44. The molecule has 0 radical (unpaired) electrons. The summed E-state index contributed by atoms with van der Waals surface area (Å²) >= 11 is 0. The van der Waals surface area contributed by atoms with Crippen molar-refractivity contribution in [3.05, 3.63) is 36.1 Å². The van der Waals surface area contributed by atoms with Gasteiger partial charge in [0, 0.05) is 24.9 Å². The van der Waals surface area contributed by atoms with Crippen LogP contribution in [0.5, 0.6) is 0 Å². The van der Waals surface area contributed by atoms with Crippen molar-refractivity contribution in [3.63, 3.8) is 0 Å². The van der Waals surface area contributed by atoms with Crippen molar-refractivity contribution in [2.45, 2.75) is 32.1 Å². The number of hydrogen-bond donors (Lipinski definition) is 1. The number of piperidine rings is 1. The van der Waals surface area contributed by atoms with E-state index in [1.54, 1.807) is 0 Å². The molecule has 122 valence electrons. The van der Waals surface area contributed by atoms with Gasteiger partial charge in [-0.05, 0) is 37.8 Å². The fourth-order valence-corrected chi connectivity index (χ4v) is 3.22. The number of fused-ring (bicyclic) bond motifs is 1. The minimum atomic E-state index is -0.759. The van der Waals surface area contributed by atoms with Gasteiger partial charge < -0.3 is 14.4 Å². The third-order valence-electron chi connectivity index (χ3n) is 4.63. The molecular formula is C18H21NO4. The van der Waals surface area contributed by atoms with Crippen LogP contribution in [0.2, 0.25) is 0 Å². The topological polar surface area (TPSA) is 70.8 Å². The number of furan rings is 1. The van der Waals surface area contributed by atoms with E-state index in [0.29, 0.717) is 18.8 Å². The van der Waals surface area contributed by atoms with Gasteiger partial charge in [-0.25, -0.2) is 0 Å². The quantitative estimate of drug-likeness (QED) is 0.940. The van der Waals surface area contributed by atoms with Crippen LogP contribution >= 0.6 is 0 Å². The Bertz CT molecular complexity index is 680.